The Labute approximate surface area is 130 Å². The van der Waals surface area contributed by atoms with Crippen LogP contribution in [0.3, 0.4) is 0 Å². The van der Waals surface area contributed by atoms with Crippen LogP contribution in [0.5, 0.6) is 0 Å². The highest BCUT2D eigenvalue weighted by Crippen LogP contribution is 2.28. The molecule has 0 aliphatic carbocycles. The summed E-state index contributed by atoms with van der Waals surface area (Å²) < 4.78 is 5.58. The fourth-order valence-electron chi connectivity index (χ4n) is 3.07. The molecule has 21 heavy (non-hydrogen) atoms. The van der Waals surface area contributed by atoms with Gasteiger partial charge in [-0.15, -0.1) is 11.6 Å². The fourth-order valence-corrected chi connectivity index (χ4v) is 3.29. The van der Waals surface area contributed by atoms with Crippen LogP contribution in [-0.4, -0.2) is 31.8 Å². The van der Waals surface area contributed by atoms with Crippen LogP contribution in [0.15, 0.2) is 30.5 Å². The minimum Gasteiger partial charge on any atom is -0.381 e. The average molecular weight is 305 g/mol. The van der Waals surface area contributed by atoms with E-state index in [-0.39, 0.29) is 0 Å². The van der Waals surface area contributed by atoms with E-state index < -0.39 is 0 Å². The van der Waals surface area contributed by atoms with E-state index in [9.17, 15) is 0 Å². The van der Waals surface area contributed by atoms with E-state index in [0.29, 0.717) is 11.8 Å². The molecular formula is C17H21ClN2O. The normalized spacial score (nSPS) is 18.9. The van der Waals surface area contributed by atoms with Crippen molar-refractivity contribution >= 4 is 28.2 Å². The van der Waals surface area contributed by atoms with E-state index >= 15 is 0 Å². The largest absolute Gasteiger partial charge is 0.381 e. The Morgan fingerprint density at radius 2 is 2.14 bits per heavy atom. The number of halogens is 1. The molecule has 1 aliphatic rings. The minimum atomic E-state index is 0.494. The molecule has 1 aliphatic heterocycles. The molecular weight excluding hydrogens is 284 g/mol. The van der Waals surface area contributed by atoms with Gasteiger partial charge in [0.1, 0.15) is 5.82 Å². The number of ether oxygens (including phenoxy) is 1. The van der Waals surface area contributed by atoms with Crippen molar-refractivity contribution in [2.24, 2.45) is 5.92 Å². The van der Waals surface area contributed by atoms with Gasteiger partial charge in [0.2, 0.25) is 0 Å². The second-order valence-corrected chi connectivity index (χ2v) is 6.02. The maximum absolute atomic E-state index is 6.02. The lowest BCUT2D eigenvalue weighted by molar-refractivity contribution is 0.0576. The third-order valence-corrected chi connectivity index (χ3v) is 4.44. The number of benzene rings is 1. The third kappa shape index (κ3) is 3.14. The van der Waals surface area contributed by atoms with Crippen molar-refractivity contribution in [3.8, 4) is 0 Å². The number of anilines is 1. The molecule has 0 spiro atoms. The lowest BCUT2D eigenvalue weighted by atomic mass is 10.0. The third-order valence-electron chi connectivity index (χ3n) is 4.15. The van der Waals surface area contributed by atoms with Gasteiger partial charge in [0.15, 0.2) is 0 Å². The minimum absolute atomic E-state index is 0.494. The Morgan fingerprint density at radius 3 is 2.86 bits per heavy atom. The summed E-state index contributed by atoms with van der Waals surface area (Å²) in [6.07, 6.45) is 4.30. The Bertz CT molecular complexity index is 611. The van der Waals surface area contributed by atoms with Crippen molar-refractivity contribution < 1.29 is 4.74 Å². The zero-order chi connectivity index (χ0) is 14.7. The molecule has 2 aromatic rings. The summed E-state index contributed by atoms with van der Waals surface area (Å²) in [6, 6.07) is 8.36. The van der Waals surface area contributed by atoms with Gasteiger partial charge in [-0.1, -0.05) is 24.3 Å². The number of hydrogen-bond donors (Lipinski definition) is 0. The zero-order valence-corrected chi connectivity index (χ0v) is 13.1. The van der Waals surface area contributed by atoms with Crippen LogP contribution in [0.2, 0.25) is 0 Å². The number of aromatic nitrogens is 1. The number of fused-ring (bicyclic) bond motifs is 1. The predicted molar refractivity (Wildman–Crippen MR) is 88.1 cm³/mol. The van der Waals surface area contributed by atoms with Gasteiger partial charge in [0, 0.05) is 37.7 Å². The molecule has 112 valence electrons. The van der Waals surface area contributed by atoms with E-state index in [1.54, 1.807) is 0 Å². The molecule has 0 amide bonds. The van der Waals surface area contributed by atoms with Crippen LogP contribution >= 0.6 is 11.6 Å². The van der Waals surface area contributed by atoms with Gasteiger partial charge < -0.3 is 9.64 Å². The van der Waals surface area contributed by atoms with Crippen molar-refractivity contribution in [1.82, 2.24) is 4.98 Å². The second kappa shape index (κ2) is 6.63. The highest BCUT2D eigenvalue weighted by atomic mass is 35.5. The van der Waals surface area contributed by atoms with Crippen LogP contribution < -0.4 is 4.90 Å². The number of rotatable bonds is 4. The number of hydrogen-bond acceptors (Lipinski definition) is 3. The summed E-state index contributed by atoms with van der Waals surface area (Å²) >= 11 is 6.02. The highest BCUT2D eigenvalue weighted by Gasteiger charge is 2.18. The average Bonchev–Trinajstić information content (AvgIpc) is 2.54. The molecule has 3 rings (SSSR count). The second-order valence-electron chi connectivity index (χ2n) is 5.75. The molecule has 0 radical (unpaired) electrons. The van der Waals surface area contributed by atoms with Crippen LogP contribution in [-0.2, 0) is 10.6 Å². The van der Waals surface area contributed by atoms with E-state index in [0.717, 1.165) is 37.6 Å². The van der Waals surface area contributed by atoms with Crippen LogP contribution in [0.4, 0.5) is 5.82 Å². The molecule has 1 atom stereocenters. The first kappa shape index (κ1) is 14.6. The lowest BCUT2D eigenvalue weighted by Crippen LogP contribution is -2.31. The van der Waals surface area contributed by atoms with E-state index in [2.05, 4.69) is 41.2 Å². The molecule has 4 heteroatoms. The number of nitrogens with zero attached hydrogens (tertiary/aromatic N) is 2. The number of alkyl halides is 1. The highest BCUT2D eigenvalue weighted by molar-refractivity contribution is 6.18. The summed E-state index contributed by atoms with van der Waals surface area (Å²) in [4.78, 5) is 6.89. The molecule has 2 heterocycles. The van der Waals surface area contributed by atoms with Gasteiger partial charge in [-0.2, -0.15) is 0 Å². The van der Waals surface area contributed by atoms with Gasteiger partial charge in [-0.3, -0.25) is 0 Å². The van der Waals surface area contributed by atoms with Crippen molar-refractivity contribution in [2.75, 3.05) is 31.7 Å². The summed E-state index contributed by atoms with van der Waals surface area (Å²) in [5, 5.41) is 2.37. The predicted octanol–water partition coefficient (Wildman–Crippen LogP) is 3.84. The number of pyridine rings is 1. The molecule has 1 unspecified atom stereocenters. The topological polar surface area (TPSA) is 25.4 Å². The lowest BCUT2D eigenvalue weighted by Gasteiger charge is -2.28. The summed E-state index contributed by atoms with van der Waals surface area (Å²) in [7, 11) is 2.11. The van der Waals surface area contributed by atoms with Gasteiger partial charge in [-0.25, -0.2) is 4.98 Å². The maximum Gasteiger partial charge on any atom is 0.136 e. The van der Waals surface area contributed by atoms with E-state index in [4.69, 9.17) is 16.3 Å². The molecule has 0 saturated carbocycles. The van der Waals surface area contributed by atoms with E-state index in [1.165, 1.54) is 17.2 Å². The monoisotopic (exact) mass is 304 g/mol. The maximum atomic E-state index is 6.02. The summed E-state index contributed by atoms with van der Waals surface area (Å²) in [5.74, 6) is 2.12. The first-order valence-corrected chi connectivity index (χ1v) is 8.04. The Morgan fingerprint density at radius 1 is 1.33 bits per heavy atom. The van der Waals surface area contributed by atoms with Crippen molar-refractivity contribution in [3.05, 3.63) is 36.0 Å². The van der Waals surface area contributed by atoms with Crippen LogP contribution in [0.1, 0.15) is 18.4 Å². The molecule has 1 fully saturated rings. The smallest absolute Gasteiger partial charge is 0.136 e. The molecule has 1 aromatic carbocycles. The van der Waals surface area contributed by atoms with Gasteiger partial charge in [-0.05, 0) is 29.7 Å². The summed E-state index contributed by atoms with van der Waals surface area (Å²) in [6.45, 7) is 2.76. The molecule has 3 nitrogen and oxygen atoms in total. The van der Waals surface area contributed by atoms with Crippen LogP contribution in [0.25, 0.3) is 10.8 Å². The molecule has 1 aromatic heterocycles. The Hall–Kier alpha value is -1.32. The standard InChI is InChI=1S/C17H21ClN2O/c1-20(11-13-5-4-8-21-12-13)17-16-7-3-2-6-15(16)14(9-18)10-19-17/h2-3,6-7,10,13H,4-5,8-9,11-12H2,1H3. The first-order valence-electron chi connectivity index (χ1n) is 7.51. The first-order chi connectivity index (χ1) is 10.3. The zero-order valence-electron chi connectivity index (χ0n) is 12.4. The Kier molecular flexibility index (Phi) is 4.61. The Balaban J connectivity index is 1.89. The SMILES string of the molecule is CN(CC1CCCOC1)c1ncc(CCl)c2ccccc12. The molecule has 0 N–H and O–H groups in total. The van der Waals surface area contributed by atoms with Crippen molar-refractivity contribution in [3.63, 3.8) is 0 Å². The van der Waals surface area contributed by atoms with Crippen molar-refractivity contribution in [2.45, 2.75) is 18.7 Å². The fraction of sp³-hybridized carbons (Fsp3) is 0.471. The quantitative estimate of drug-likeness (QED) is 0.803. The van der Waals surface area contributed by atoms with Crippen molar-refractivity contribution in [1.29, 1.82) is 0 Å². The molecule has 1 saturated heterocycles. The molecule has 0 bridgehead atoms. The van der Waals surface area contributed by atoms with Gasteiger partial charge in [0.25, 0.3) is 0 Å². The van der Waals surface area contributed by atoms with Gasteiger partial charge in [0.05, 0.1) is 6.61 Å². The van der Waals surface area contributed by atoms with E-state index in [1.807, 2.05) is 6.20 Å². The van der Waals surface area contributed by atoms with Gasteiger partial charge >= 0.3 is 0 Å². The summed E-state index contributed by atoms with van der Waals surface area (Å²) in [5.41, 5.74) is 1.09. The van der Waals surface area contributed by atoms with Crippen LogP contribution in [0, 0.1) is 5.92 Å².